The molecule has 9 aromatic carbocycles. The molecule has 0 atom stereocenters. The highest BCUT2D eigenvalue weighted by Crippen LogP contribution is 2.43. The van der Waals surface area contributed by atoms with Crippen LogP contribution in [0.4, 0.5) is 17.1 Å². The van der Waals surface area contributed by atoms with Gasteiger partial charge in [-0.1, -0.05) is 170 Å². The fraction of sp³-hybridized carbons (Fsp3) is 0. The number of rotatable bonds is 7. The largest absolute Gasteiger partial charge is 0.310 e. The van der Waals surface area contributed by atoms with Crippen molar-refractivity contribution in [3.05, 3.63) is 218 Å². The van der Waals surface area contributed by atoms with Gasteiger partial charge in [-0.05, 0) is 81.7 Å². The van der Waals surface area contributed by atoms with E-state index in [9.17, 15) is 0 Å². The van der Waals surface area contributed by atoms with Crippen molar-refractivity contribution in [2.75, 3.05) is 4.90 Å². The van der Waals surface area contributed by atoms with Gasteiger partial charge in [0.2, 0.25) is 0 Å². The third kappa shape index (κ3) is 5.53. The van der Waals surface area contributed by atoms with Crippen LogP contribution >= 0.6 is 0 Å². The summed E-state index contributed by atoms with van der Waals surface area (Å²) in [6.45, 7) is 0. The van der Waals surface area contributed by atoms with E-state index >= 15 is 0 Å². The summed E-state index contributed by atoms with van der Waals surface area (Å²) in [7, 11) is 0. The molecule has 2 nitrogen and oxygen atoms in total. The van der Waals surface area contributed by atoms with Crippen molar-refractivity contribution in [3.8, 4) is 39.1 Å². The number of benzene rings is 9. The Balaban J connectivity index is 1.13. The van der Waals surface area contributed by atoms with Gasteiger partial charge in [0, 0.05) is 38.8 Å². The van der Waals surface area contributed by atoms with E-state index in [0.29, 0.717) is 0 Å². The van der Waals surface area contributed by atoms with Crippen molar-refractivity contribution in [2.24, 2.45) is 0 Å². The number of anilines is 3. The van der Waals surface area contributed by atoms with Crippen molar-refractivity contribution in [1.82, 2.24) is 4.57 Å². The SMILES string of the molecule is c1ccc(-c2ccc(N(c3cccc(-c4cccc(-n5c6ccccc6c6ccc7ccccc7c65)c4)c3)c3ccccc3-c3ccccc3)cc2)cc1. The minimum Gasteiger partial charge on any atom is -0.310 e. The Morgan fingerprint density at radius 3 is 1.76 bits per heavy atom. The predicted molar refractivity (Wildman–Crippen MR) is 229 cm³/mol. The lowest BCUT2D eigenvalue weighted by molar-refractivity contribution is 1.19. The summed E-state index contributed by atoms with van der Waals surface area (Å²) in [6.07, 6.45) is 0. The molecule has 0 saturated heterocycles. The standard InChI is InChI=1S/C52H36N2/c1-3-15-37(16-4-1)38-29-32-43(33-30-38)53(50-27-11-9-24-46(50)39-17-5-2-6-18-39)44-22-13-20-41(35-44)42-21-14-23-45(36-42)54-51-28-12-10-26-48(51)49-34-31-40-19-7-8-25-47(40)52(49)54/h1-36H. The first kappa shape index (κ1) is 31.6. The maximum atomic E-state index is 2.44. The van der Waals surface area contributed by atoms with E-state index in [1.165, 1.54) is 54.8 Å². The lowest BCUT2D eigenvalue weighted by Gasteiger charge is -2.28. The molecule has 1 aromatic heterocycles. The van der Waals surface area contributed by atoms with Crippen LogP contribution < -0.4 is 4.90 Å². The van der Waals surface area contributed by atoms with Gasteiger partial charge in [0.25, 0.3) is 0 Å². The third-order valence-electron chi connectivity index (χ3n) is 10.6. The van der Waals surface area contributed by atoms with E-state index in [4.69, 9.17) is 0 Å². The Kier molecular flexibility index (Phi) is 7.85. The van der Waals surface area contributed by atoms with Gasteiger partial charge >= 0.3 is 0 Å². The Morgan fingerprint density at radius 1 is 0.333 bits per heavy atom. The molecule has 2 heteroatoms. The molecule has 0 bridgehead atoms. The highest BCUT2D eigenvalue weighted by molar-refractivity contribution is 6.18. The average Bonchev–Trinajstić information content (AvgIpc) is 3.60. The van der Waals surface area contributed by atoms with Crippen LogP contribution in [0.25, 0.3) is 71.6 Å². The van der Waals surface area contributed by atoms with Gasteiger partial charge in [-0.15, -0.1) is 0 Å². The number of nitrogens with zero attached hydrogens (tertiary/aromatic N) is 2. The van der Waals surface area contributed by atoms with Crippen LogP contribution in [0.15, 0.2) is 218 Å². The molecule has 54 heavy (non-hydrogen) atoms. The molecule has 0 aliphatic carbocycles. The highest BCUT2D eigenvalue weighted by atomic mass is 15.1. The molecule has 0 saturated carbocycles. The Morgan fingerprint density at radius 2 is 0.944 bits per heavy atom. The van der Waals surface area contributed by atoms with E-state index in [1.54, 1.807) is 0 Å². The molecule has 254 valence electrons. The van der Waals surface area contributed by atoms with Crippen molar-refractivity contribution in [3.63, 3.8) is 0 Å². The molecule has 0 N–H and O–H groups in total. The first-order valence-corrected chi connectivity index (χ1v) is 18.5. The van der Waals surface area contributed by atoms with Crippen molar-refractivity contribution in [1.29, 1.82) is 0 Å². The molecule has 10 aromatic rings. The van der Waals surface area contributed by atoms with Gasteiger partial charge < -0.3 is 9.47 Å². The van der Waals surface area contributed by atoms with Crippen molar-refractivity contribution >= 4 is 49.6 Å². The topological polar surface area (TPSA) is 8.17 Å². The Labute approximate surface area is 315 Å². The van der Waals surface area contributed by atoms with Gasteiger partial charge in [-0.3, -0.25) is 0 Å². The fourth-order valence-corrected chi connectivity index (χ4v) is 8.04. The van der Waals surface area contributed by atoms with E-state index in [1.807, 2.05) is 0 Å². The highest BCUT2D eigenvalue weighted by Gasteiger charge is 2.19. The number of aromatic nitrogens is 1. The monoisotopic (exact) mass is 688 g/mol. The zero-order valence-electron chi connectivity index (χ0n) is 29.7. The molecule has 0 radical (unpaired) electrons. The van der Waals surface area contributed by atoms with Crippen LogP contribution in [0, 0.1) is 0 Å². The summed E-state index contributed by atoms with van der Waals surface area (Å²) in [5.41, 5.74) is 14.0. The zero-order chi connectivity index (χ0) is 35.8. The summed E-state index contributed by atoms with van der Waals surface area (Å²) < 4.78 is 2.44. The average molecular weight is 689 g/mol. The van der Waals surface area contributed by atoms with Gasteiger partial charge in [0.05, 0.1) is 16.7 Å². The molecule has 10 rings (SSSR count). The first-order chi connectivity index (χ1) is 26.8. The Bertz CT molecular complexity index is 2920. The number of para-hydroxylation sites is 2. The van der Waals surface area contributed by atoms with E-state index in [-0.39, 0.29) is 0 Å². The minimum absolute atomic E-state index is 1.09. The summed E-state index contributed by atoms with van der Waals surface area (Å²) in [5.74, 6) is 0. The minimum atomic E-state index is 1.09. The van der Waals surface area contributed by atoms with Crippen LogP contribution in [0.5, 0.6) is 0 Å². The summed E-state index contributed by atoms with van der Waals surface area (Å²) >= 11 is 0. The van der Waals surface area contributed by atoms with Gasteiger partial charge in [-0.25, -0.2) is 0 Å². The predicted octanol–water partition coefficient (Wildman–Crippen LogP) is 14.4. The quantitative estimate of drug-likeness (QED) is 0.162. The number of fused-ring (bicyclic) bond motifs is 5. The molecular formula is C52H36N2. The van der Waals surface area contributed by atoms with Crippen molar-refractivity contribution < 1.29 is 0 Å². The second-order valence-electron chi connectivity index (χ2n) is 13.8. The second-order valence-corrected chi connectivity index (χ2v) is 13.8. The molecule has 0 aliphatic rings. The fourth-order valence-electron chi connectivity index (χ4n) is 8.04. The molecule has 0 fully saturated rings. The van der Waals surface area contributed by atoms with Gasteiger partial charge in [0.15, 0.2) is 0 Å². The van der Waals surface area contributed by atoms with Gasteiger partial charge in [-0.2, -0.15) is 0 Å². The smallest absolute Gasteiger partial charge is 0.0619 e. The Hall–Kier alpha value is -7.16. The molecule has 1 heterocycles. The third-order valence-corrected chi connectivity index (χ3v) is 10.6. The normalized spacial score (nSPS) is 11.3. The van der Waals surface area contributed by atoms with Crippen molar-refractivity contribution in [2.45, 2.75) is 0 Å². The summed E-state index contributed by atoms with van der Waals surface area (Å²) in [4.78, 5) is 2.39. The molecule has 0 spiro atoms. The van der Waals surface area contributed by atoms with Crippen LogP contribution in [0.2, 0.25) is 0 Å². The van der Waals surface area contributed by atoms with E-state index in [0.717, 1.165) is 33.9 Å². The van der Waals surface area contributed by atoms with Crippen LogP contribution in [0.1, 0.15) is 0 Å². The second kappa shape index (κ2) is 13.4. The summed E-state index contributed by atoms with van der Waals surface area (Å²) in [5, 5.41) is 5.02. The van der Waals surface area contributed by atoms with Crippen LogP contribution in [-0.4, -0.2) is 4.57 Å². The molecule has 0 amide bonds. The molecule has 0 aliphatic heterocycles. The van der Waals surface area contributed by atoms with E-state index in [2.05, 4.69) is 228 Å². The first-order valence-electron chi connectivity index (χ1n) is 18.5. The maximum Gasteiger partial charge on any atom is 0.0619 e. The summed E-state index contributed by atoms with van der Waals surface area (Å²) in [6, 6.07) is 78.8. The number of hydrogen-bond acceptors (Lipinski definition) is 1. The lowest BCUT2D eigenvalue weighted by atomic mass is 10.00. The number of hydrogen-bond donors (Lipinski definition) is 0. The zero-order valence-corrected chi connectivity index (χ0v) is 29.7. The maximum absolute atomic E-state index is 2.44. The van der Waals surface area contributed by atoms with Crippen LogP contribution in [-0.2, 0) is 0 Å². The molecular weight excluding hydrogens is 653 g/mol. The molecule has 0 unspecified atom stereocenters. The van der Waals surface area contributed by atoms with Gasteiger partial charge in [0.1, 0.15) is 0 Å². The van der Waals surface area contributed by atoms with E-state index < -0.39 is 0 Å². The lowest BCUT2D eigenvalue weighted by Crippen LogP contribution is -2.11. The van der Waals surface area contributed by atoms with Crippen LogP contribution in [0.3, 0.4) is 0 Å².